The summed E-state index contributed by atoms with van der Waals surface area (Å²) in [7, 11) is 0. The standard InChI is InChI=1S/C21H22BrNO/c22-17-12-10-16(11-13-17)19-21(14-6-1-2-7-15-21)20(24)23(19)18-8-4-3-5-9-18/h3-5,8-13,19H,1-2,6-7,14-15H2. The summed E-state index contributed by atoms with van der Waals surface area (Å²) in [6, 6.07) is 18.8. The summed E-state index contributed by atoms with van der Waals surface area (Å²) in [5.41, 5.74) is 2.08. The summed E-state index contributed by atoms with van der Waals surface area (Å²) >= 11 is 3.53. The molecule has 2 fully saturated rings. The highest BCUT2D eigenvalue weighted by Gasteiger charge is 2.60. The second kappa shape index (κ2) is 6.36. The van der Waals surface area contributed by atoms with Gasteiger partial charge in [-0.3, -0.25) is 4.79 Å². The lowest BCUT2D eigenvalue weighted by atomic mass is 9.63. The Labute approximate surface area is 152 Å². The summed E-state index contributed by atoms with van der Waals surface area (Å²) < 4.78 is 1.08. The normalized spacial score (nSPS) is 23.0. The molecule has 1 unspecified atom stereocenters. The zero-order valence-electron chi connectivity index (χ0n) is 13.7. The fourth-order valence-electron chi connectivity index (χ4n) is 4.47. The highest BCUT2D eigenvalue weighted by molar-refractivity contribution is 9.10. The minimum atomic E-state index is -0.194. The zero-order chi connectivity index (χ0) is 16.6. The van der Waals surface area contributed by atoms with Crippen molar-refractivity contribution >= 4 is 27.5 Å². The summed E-state index contributed by atoms with van der Waals surface area (Å²) in [6.45, 7) is 0. The minimum absolute atomic E-state index is 0.165. The van der Waals surface area contributed by atoms with Gasteiger partial charge in [0, 0.05) is 10.2 Å². The van der Waals surface area contributed by atoms with Crippen LogP contribution in [0, 0.1) is 5.41 Å². The summed E-state index contributed by atoms with van der Waals surface area (Å²) in [5.74, 6) is 0.323. The Morgan fingerprint density at radius 2 is 1.50 bits per heavy atom. The van der Waals surface area contributed by atoms with Crippen molar-refractivity contribution in [1.29, 1.82) is 0 Å². The molecule has 1 aliphatic carbocycles. The molecule has 1 saturated carbocycles. The van der Waals surface area contributed by atoms with Crippen LogP contribution in [0.2, 0.25) is 0 Å². The molecular weight excluding hydrogens is 362 g/mol. The summed E-state index contributed by atoms with van der Waals surface area (Å²) in [5, 5.41) is 0. The number of para-hydroxylation sites is 1. The van der Waals surface area contributed by atoms with Gasteiger partial charge in [-0.2, -0.15) is 0 Å². The molecule has 1 atom stereocenters. The Morgan fingerprint density at radius 3 is 2.12 bits per heavy atom. The third-order valence-corrected chi connectivity index (χ3v) is 6.17. The molecule has 124 valence electrons. The molecule has 1 saturated heterocycles. The molecule has 4 rings (SSSR count). The van der Waals surface area contributed by atoms with Crippen molar-refractivity contribution in [3.05, 3.63) is 64.6 Å². The van der Waals surface area contributed by atoms with E-state index in [0.717, 1.165) is 23.0 Å². The smallest absolute Gasteiger partial charge is 0.236 e. The first kappa shape index (κ1) is 15.9. The largest absolute Gasteiger partial charge is 0.303 e. The third kappa shape index (κ3) is 2.50. The minimum Gasteiger partial charge on any atom is -0.303 e. The molecule has 2 aromatic rings. The summed E-state index contributed by atoms with van der Waals surface area (Å²) in [4.78, 5) is 15.3. The maximum absolute atomic E-state index is 13.3. The van der Waals surface area contributed by atoms with E-state index in [0.29, 0.717) is 5.91 Å². The van der Waals surface area contributed by atoms with Crippen LogP contribution < -0.4 is 4.90 Å². The molecule has 2 aromatic carbocycles. The van der Waals surface area contributed by atoms with Crippen LogP contribution in [-0.2, 0) is 4.79 Å². The van der Waals surface area contributed by atoms with Gasteiger partial charge in [-0.25, -0.2) is 0 Å². The number of hydrogen-bond acceptors (Lipinski definition) is 1. The maximum Gasteiger partial charge on any atom is 0.236 e. The Morgan fingerprint density at radius 1 is 0.875 bits per heavy atom. The highest BCUT2D eigenvalue weighted by atomic mass is 79.9. The van der Waals surface area contributed by atoms with Gasteiger partial charge < -0.3 is 4.90 Å². The number of β-lactam (4-membered cyclic amide) rings is 1. The lowest BCUT2D eigenvalue weighted by Gasteiger charge is -2.56. The molecule has 0 bridgehead atoms. The molecule has 0 N–H and O–H groups in total. The fourth-order valence-corrected chi connectivity index (χ4v) is 4.73. The average Bonchev–Trinajstić information content (AvgIpc) is 2.89. The van der Waals surface area contributed by atoms with Crippen molar-refractivity contribution in [2.45, 2.75) is 44.6 Å². The number of rotatable bonds is 2. The molecule has 1 heterocycles. The molecule has 24 heavy (non-hydrogen) atoms. The van der Waals surface area contributed by atoms with E-state index in [2.05, 4.69) is 40.2 Å². The fraction of sp³-hybridized carbons (Fsp3) is 0.381. The number of anilines is 1. The number of carbonyl (C=O) groups is 1. The summed E-state index contributed by atoms with van der Waals surface area (Å²) in [6.07, 6.45) is 6.90. The Hall–Kier alpha value is -1.61. The molecule has 1 spiro atoms. The zero-order valence-corrected chi connectivity index (χ0v) is 15.3. The van der Waals surface area contributed by atoms with E-state index < -0.39 is 0 Å². The van der Waals surface area contributed by atoms with E-state index in [-0.39, 0.29) is 11.5 Å². The molecule has 1 aliphatic heterocycles. The van der Waals surface area contributed by atoms with Crippen molar-refractivity contribution in [2.24, 2.45) is 5.41 Å². The van der Waals surface area contributed by atoms with Crippen molar-refractivity contribution in [3.63, 3.8) is 0 Å². The lowest BCUT2D eigenvalue weighted by molar-refractivity contribution is -0.141. The van der Waals surface area contributed by atoms with E-state index in [1.165, 1.54) is 31.2 Å². The quantitative estimate of drug-likeness (QED) is 0.593. The van der Waals surface area contributed by atoms with Crippen LogP contribution >= 0.6 is 15.9 Å². The molecule has 2 nitrogen and oxygen atoms in total. The number of benzene rings is 2. The van der Waals surface area contributed by atoms with Gasteiger partial charge in [-0.1, -0.05) is 71.9 Å². The van der Waals surface area contributed by atoms with Crippen molar-refractivity contribution in [1.82, 2.24) is 0 Å². The predicted molar refractivity (Wildman–Crippen MR) is 101 cm³/mol. The Kier molecular flexibility index (Phi) is 4.21. The van der Waals surface area contributed by atoms with Gasteiger partial charge in [-0.05, 0) is 42.7 Å². The monoisotopic (exact) mass is 383 g/mol. The number of nitrogens with zero attached hydrogens (tertiary/aromatic N) is 1. The van der Waals surface area contributed by atoms with Crippen LogP contribution in [-0.4, -0.2) is 5.91 Å². The number of amides is 1. The van der Waals surface area contributed by atoms with E-state index in [4.69, 9.17) is 0 Å². The molecule has 0 radical (unpaired) electrons. The Balaban J connectivity index is 1.77. The van der Waals surface area contributed by atoms with Crippen LogP contribution in [0.25, 0.3) is 0 Å². The molecule has 0 aromatic heterocycles. The lowest BCUT2D eigenvalue weighted by Crippen LogP contribution is -2.63. The van der Waals surface area contributed by atoms with E-state index in [1.807, 2.05) is 35.2 Å². The van der Waals surface area contributed by atoms with E-state index >= 15 is 0 Å². The Bertz CT molecular complexity index is 717. The van der Waals surface area contributed by atoms with Gasteiger partial charge >= 0.3 is 0 Å². The average molecular weight is 384 g/mol. The number of carbonyl (C=O) groups excluding carboxylic acids is 1. The first-order valence-corrected chi connectivity index (χ1v) is 9.66. The van der Waals surface area contributed by atoms with Gasteiger partial charge in [0.15, 0.2) is 0 Å². The van der Waals surface area contributed by atoms with Crippen LogP contribution in [0.5, 0.6) is 0 Å². The van der Waals surface area contributed by atoms with Gasteiger partial charge in [-0.15, -0.1) is 0 Å². The second-order valence-electron chi connectivity index (χ2n) is 7.04. The molecule has 2 aliphatic rings. The van der Waals surface area contributed by atoms with Crippen molar-refractivity contribution in [2.75, 3.05) is 4.90 Å². The number of hydrogen-bond donors (Lipinski definition) is 0. The second-order valence-corrected chi connectivity index (χ2v) is 7.95. The predicted octanol–water partition coefficient (Wildman–Crippen LogP) is 5.88. The van der Waals surface area contributed by atoms with E-state index in [9.17, 15) is 4.79 Å². The number of halogens is 1. The first-order chi connectivity index (χ1) is 11.7. The van der Waals surface area contributed by atoms with Gasteiger partial charge in [0.05, 0.1) is 11.5 Å². The molecule has 3 heteroatoms. The first-order valence-electron chi connectivity index (χ1n) is 8.87. The van der Waals surface area contributed by atoms with Crippen LogP contribution in [0.15, 0.2) is 59.1 Å². The van der Waals surface area contributed by atoms with Crippen molar-refractivity contribution < 1.29 is 4.79 Å². The maximum atomic E-state index is 13.3. The van der Waals surface area contributed by atoms with Crippen LogP contribution in [0.4, 0.5) is 5.69 Å². The van der Waals surface area contributed by atoms with Gasteiger partial charge in [0.25, 0.3) is 0 Å². The van der Waals surface area contributed by atoms with E-state index in [1.54, 1.807) is 0 Å². The SMILES string of the molecule is O=C1N(c2ccccc2)C(c2ccc(Br)cc2)C12CCCCCC2. The van der Waals surface area contributed by atoms with Gasteiger partial charge in [0.1, 0.15) is 0 Å². The van der Waals surface area contributed by atoms with Crippen LogP contribution in [0.3, 0.4) is 0 Å². The van der Waals surface area contributed by atoms with Crippen LogP contribution in [0.1, 0.15) is 50.1 Å². The third-order valence-electron chi connectivity index (χ3n) is 5.64. The topological polar surface area (TPSA) is 20.3 Å². The van der Waals surface area contributed by atoms with Crippen molar-refractivity contribution in [3.8, 4) is 0 Å². The molecular formula is C21H22BrNO. The molecule has 1 amide bonds. The highest BCUT2D eigenvalue weighted by Crippen LogP contribution is 2.58. The van der Waals surface area contributed by atoms with Gasteiger partial charge in [0.2, 0.25) is 5.91 Å².